The lowest BCUT2D eigenvalue weighted by molar-refractivity contribution is 0.112. The molecule has 2 heteroatoms. The van der Waals surface area contributed by atoms with Crippen molar-refractivity contribution in [3.8, 4) is 11.1 Å². The Hall–Kier alpha value is -2.09. The molecule has 0 spiro atoms. The Morgan fingerprint density at radius 1 is 1.00 bits per heavy atom. The van der Waals surface area contributed by atoms with E-state index in [-0.39, 0.29) is 0 Å². The van der Waals surface area contributed by atoms with Crippen LogP contribution in [0.4, 0.5) is 5.69 Å². The molecule has 0 aliphatic carbocycles. The van der Waals surface area contributed by atoms with E-state index >= 15 is 0 Å². The Morgan fingerprint density at radius 2 is 1.72 bits per heavy atom. The molecule has 2 rings (SSSR count). The Bertz CT molecular complexity index is 573. The molecule has 2 aromatic rings. The Balaban J connectivity index is 2.64. The van der Waals surface area contributed by atoms with Crippen molar-refractivity contribution in [2.75, 3.05) is 19.0 Å². The number of carbonyl (C=O) groups is 1. The fraction of sp³-hybridized carbons (Fsp3) is 0.188. The van der Waals surface area contributed by atoms with Gasteiger partial charge in [0.05, 0.1) is 0 Å². The molecular weight excluding hydrogens is 222 g/mol. The Labute approximate surface area is 108 Å². The minimum atomic E-state index is 0.712. The summed E-state index contributed by atoms with van der Waals surface area (Å²) in [5, 5.41) is 0. The average molecular weight is 239 g/mol. The van der Waals surface area contributed by atoms with Gasteiger partial charge in [0.1, 0.15) is 6.29 Å². The van der Waals surface area contributed by atoms with Crippen LogP contribution in [0.15, 0.2) is 42.5 Å². The second-order valence-corrected chi connectivity index (χ2v) is 4.60. The largest absolute Gasteiger partial charge is 0.377 e. The standard InChI is InChI=1S/C16H17NO/c1-12-8-9-13(11-18)10-15(12)14-6-4-5-7-16(14)17(2)3/h4-11H,1-3H3. The second kappa shape index (κ2) is 5.05. The van der Waals surface area contributed by atoms with Gasteiger partial charge in [-0.2, -0.15) is 0 Å². The van der Waals surface area contributed by atoms with Crippen molar-refractivity contribution in [1.29, 1.82) is 0 Å². The third-order valence-corrected chi connectivity index (χ3v) is 3.07. The van der Waals surface area contributed by atoms with Crippen LogP contribution in [0, 0.1) is 6.92 Å². The molecule has 2 nitrogen and oxygen atoms in total. The average Bonchev–Trinajstić information content (AvgIpc) is 2.39. The maximum absolute atomic E-state index is 10.9. The number of hydrogen-bond acceptors (Lipinski definition) is 2. The number of rotatable bonds is 3. The first-order valence-electron chi connectivity index (χ1n) is 5.96. The number of hydrogen-bond donors (Lipinski definition) is 0. The van der Waals surface area contributed by atoms with Gasteiger partial charge in [-0.3, -0.25) is 4.79 Å². The molecule has 0 saturated carbocycles. The third kappa shape index (κ3) is 2.28. The summed E-state index contributed by atoms with van der Waals surface area (Å²) in [6, 6.07) is 14.0. The molecule has 0 fully saturated rings. The van der Waals surface area contributed by atoms with Crippen molar-refractivity contribution >= 4 is 12.0 Å². The van der Waals surface area contributed by atoms with Crippen LogP contribution < -0.4 is 4.90 Å². The fourth-order valence-corrected chi connectivity index (χ4v) is 2.09. The molecule has 0 saturated heterocycles. The van der Waals surface area contributed by atoms with Crippen LogP contribution in [0.3, 0.4) is 0 Å². The number of carbonyl (C=O) groups excluding carboxylic acids is 1. The molecule has 18 heavy (non-hydrogen) atoms. The number of para-hydroxylation sites is 1. The van der Waals surface area contributed by atoms with E-state index in [0.717, 1.165) is 23.1 Å². The zero-order valence-corrected chi connectivity index (χ0v) is 11.0. The van der Waals surface area contributed by atoms with Crippen LogP contribution in [-0.4, -0.2) is 20.4 Å². The van der Waals surface area contributed by atoms with Crippen LogP contribution in [-0.2, 0) is 0 Å². The summed E-state index contributed by atoms with van der Waals surface area (Å²) >= 11 is 0. The molecule has 92 valence electrons. The van der Waals surface area contributed by atoms with Crippen LogP contribution in [0.2, 0.25) is 0 Å². The summed E-state index contributed by atoms with van der Waals surface area (Å²) in [6.45, 7) is 2.07. The SMILES string of the molecule is Cc1ccc(C=O)cc1-c1ccccc1N(C)C. The van der Waals surface area contributed by atoms with Gasteiger partial charge in [-0.05, 0) is 30.2 Å². The van der Waals surface area contributed by atoms with Gasteiger partial charge in [0.2, 0.25) is 0 Å². The van der Waals surface area contributed by atoms with E-state index in [1.807, 2.05) is 44.4 Å². The molecule has 0 bridgehead atoms. The number of aldehydes is 1. The van der Waals surface area contributed by atoms with Crippen molar-refractivity contribution in [2.45, 2.75) is 6.92 Å². The van der Waals surface area contributed by atoms with Crippen LogP contribution >= 0.6 is 0 Å². The predicted molar refractivity (Wildman–Crippen MR) is 76.3 cm³/mol. The summed E-state index contributed by atoms with van der Waals surface area (Å²) in [5.74, 6) is 0. The van der Waals surface area contributed by atoms with Gasteiger partial charge in [0.25, 0.3) is 0 Å². The quantitative estimate of drug-likeness (QED) is 0.763. The van der Waals surface area contributed by atoms with Crippen molar-refractivity contribution in [3.63, 3.8) is 0 Å². The Morgan fingerprint density at radius 3 is 2.39 bits per heavy atom. The third-order valence-electron chi connectivity index (χ3n) is 3.07. The number of anilines is 1. The molecule has 2 aromatic carbocycles. The molecule has 0 N–H and O–H groups in total. The summed E-state index contributed by atoms with van der Waals surface area (Å²) in [5.41, 5.74) is 5.32. The van der Waals surface area contributed by atoms with Crippen LogP contribution in [0.1, 0.15) is 15.9 Å². The molecule has 0 radical (unpaired) electrons. The summed E-state index contributed by atoms with van der Waals surface area (Å²) in [6.07, 6.45) is 0.890. The van der Waals surface area contributed by atoms with E-state index < -0.39 is 0 Å². The summed E-state index contributed by atoms with van der Waals surface area (Å²) < 4.78 is 0. The van der Waals surface area contributed by atoms with Crippen molar-refractivity contribution in [3.05, 3.63) is 53.6 Å². The predicted octanol–water partition coefficient (Wildman–Crippen LogP) is 3.54. The monoisotopic (exact) mass is 239 g/mol. The minimum absolute atomic E-state index is 0.712. The normalized spacial score (nSPS) is 10.2. The number of benzene rings is 2. The highest BCUT2D eigenvalue weighted by Crippen LogP contribution is 2.32. The highest BCUT2D eigenvalue weighted by Gasteiger charge is 2.09. The van der Waals surface area contributed by atoms with Crippen molar-refractivity contribution in [2.24, 2.45) is 0 Å². The van der Waals surface area contributed by atoms with E-state index in [0.29, 0.717) is 5.56 Å². The Kier molecular flexibility index (Phi) is 3.47. The van der Waals surface area contributed by atoms with E-state index in [1.165, 1.54) is 5.56 Å². The zero-order valence-electron chi connectivity index (χ0n) is 11.0. The number of aryl methyl sites for hydroxylation is 1. The second-order valence-electron chi connectivity index (χ2n) is 4.60. The highest BCUT2D eigenvalue weighted by molar-refractivity contribution is 5.85. The van der Waals surface area contributed by atoms with Gasteiger partial charge in [-0.25, -0.2) is 0 Å². The fourth-order valence-electron chi connectivity index (χ4n) is 2.09. The molecular formula is C16H17NO. The first kappa shape index (κ1) is 12.4. The molecule has 0 aromatic heterocycles. The maximum Gasteiger partial charge on any atom is 0.150 e. The zero-order chi connectivity index (χ0) is 13.1. The van der Waals surface area contributed by atoms with Gasteiger partial charge in [-0.1, -0.05) is 30.3 Å². The molecule has 0 amide bonds. The molecule has 0 aliphatic rings. The smallest absolute Gasteiger partial charge is 0.150 e. The topological polar surface area (TPSA) is 20.3 Å². The van der Waals surface area contributed by atoms with Gasteiger partial charge in [0.15, 0.2) is 0 Å². The molecule has 0 atom stereocenters. The van der Waals surface area contributed by atoms with Crippen LogP contribution in [0.5, 0.6) is 0 Å². The summed E-state index contributed by atoms with van der Waals surface area (Å²) in [4.78, 5) is 13.0. The van der Waals surface area contributed by atoms with Gasteiger partial charge in [-0.15, -0.1) is 0 Å². The molecule has 0 unspecified atom stereocenters. The van der Waals surface area contributed by atoms with Crippen molar-refractivity contribution < 1.29 is 4.79 Å². The van der Waals surface area contributed by atoms with E-state index in [4.69, 9.17) is 0 Å². The first-order chi connectivity index (χ1) is 8.63. The van der Waals surface area contributed by atoms with Crippen molar-refractivity contribution in [1.82, 2.24) is 0 Å². The van der Waals surface area contributed by atoms with E-state index in [9.17, 15) is 4.79 Å². The lowest BCUT2D eigenvalue weighted by Gasteiger charge is -2.18. The van der Waals surface area contributed by atoms with Gasteiger partial charge in [0, 0.05) is 30.9 Å². The molecule has 0 aliphatic heterocycles. The lowest BCUT2D eigenvalue weighted by atomic mass is 9.97. The van der Waals surface area contributed by atoms with Crippen LogP contribution in [0.25, 0.3) is 11.1 Å². The van der Waals surface area contributed by atoms with E-state index in [1.54, 1.807) is 0 Å². The number of nitrogens with zero attached hydrogens (tertiary/aromatic N) is 1. The summed E-state index contributed by atoms with van der Waals surface area (Å²) in [7, 11) is 4.05. The lowest BCUT2D eigenvalue weighted by Crippen LogP contribution is -2.10. The highest BCUT2D eigenvalue weighted by atomic mass is 16.1. The molecule has 0 heterocycles. The van der Waals surface area contributed by atoms with Gasteiger partial charge >= 0.3 is 0 Å². The minimum Gasteiger partial charge on any atom is -0.377 e. The first-order valence-corrected chi connectivity index (χ1v) is 5.96. The van der Waals surface area contributed by atoms with Gasteiger partial charge < -0.3 is 4.90 Å². The van der Waals surface area contributed by atoms with E-state index in [2.05, 4.69) is 24.0 Å². The maximum atomic E-state index is 10.9.